The van der Waals surface area contributed by atoms with Crippen molar-refractivity contribution in [3.63, 3.8) is 0 Å². The van der Waals surface area contributed by atoms with Gasteiger partial charge in [0.05, 0.1) is 18.1 Å². The fourth-order valence-electron chi connectivity index (χ4n) is 2.31. The summed E-state index contributed by atoms with van der Waals surface area (Å²) < 4.78 is 27.4. The molecular weight excluding hydrogens is 310 g/mol. The molecule has 122 valence electrons. The maximum atomic E-state index is 11.6. The number of nitrogens with one attached hydrogen (secondary N) is 2. The van der Waals surface area contributed by atoms with E-state index in [-0.39, 0.29) is 36.3 Å². The Labute approximate surface area is 128 Å². The number of hydrogen-bond donors (Lipinski definition) is 2. The van der Waals surface area contributed by atoms with Crippen LogP contribution in [0.3, 0.4) is 0 Å². The molecule has 2 heterocycles. The molecule has 1 aliphatic rings. The van der Waals surface area contributed by atoms with Gasteiger partial charge in [0.1, 0.15) is 5.76 Å². The molecule has 2 rings (SSSR count). The molecule has 1 aromatic heterocycles. The molecule has 1 unspecified atom stereocenters. The Morgan fingerprint density at radius 2 is 2.18 bits per heavy atom. The summed E-state index contributed by atoms with van der Waals surface area (Å²) >= 11 is 0. The lowest BCUT2D eigenvalue weighted by Crippen LogP contribution is -2.33. The van der Waals surface area contributed by atoms with Gasteiger partial charge in [-0.3, -0.25) is 9.59 Å². The monoisotopic (exact) mass is 329 g/mol. The molecule has 1 aromatic rings. The molecule has 0 spiro atoms. The minimum Gasteiger partial charge on any atom is -0.360 e. The normalized spacial score (nSPS) is 19.8. The van der Waals surface area contributed by atoms with Crippen molar-refractivity contribution in [1.82, 2.24) is 10.5 Å². The number of hydrogen-bond acceptors (Lipinski definition) is 6. The third-order valence-corrected chi connectivity index (χ3v) is 5.28. The van der Waals surface area contributed by atoms with Gasteiger partial charge in [-0.2, -0.15) is 0 Å². The fourth-order valence-corrected chi connectivity index (χ4v) is 4.23. The van der Waals surface area contributed by atoms with Gasteiger partial charge in [0.2, 0.25) is 11.8 Å². The van der Waals surface area contributed by atoms with Crippen molar-refractivity contribution in [2.24, 2.45) is 5.92 Å². The maximum Gasteiger partial charge on any atom is 0.245 e. The highest BCUT2D eigenvalue weighted by molar-refractivity contribution is 7.91. The molecule has 0 aromatic carbocycles. The van der Waals surface area contributed by atoms with E-state index in [4.69, 9.17) is 4.52 Å². The summed E-state index contributed by atoms with van der Waals surface area (Å²) in [5.41, 5.74) is 0. The van der Waals surface area contributed by atoms with Crippen LogP contribution in [-0.2, 0) is 19.4 Å². The predicted molar refractivity (Wildman–Crippen MR) is 78.9 cm³/mol. The van der Waals surface area contributed by atoms with E-state index in [9.17, 15) is 18.0 Å². The predicted octanol–water partition coefficient (Wildman–Crippen LogP) is 0.253. The van der Waals surface area contributed by atoms with Crippen molar-refractivity contribution < 1.29 is 22.5 Å². The van der Waals surface area contributed by atoms with E-state index in [1.807, 2.05) is 0 Å². The lowest BCUT2D eigenvalue weighted by atomic mass is 10.0. The number of aromatic nitrogens is 1. The third kappa shape index (κ3) is 5.14. The molecule has 1 aliphatic heterocycles. The Bertz CT molecular complexity index is 652. The average molecular weight is 329 g/mol. The number of sulfone groups is 1. The van der Waals surface area contributed by atoms with Crippen LogP contribution in [0.25, 0.3) is 0 Å². The van der Waals surface area contributed by atoms with Crippen LogP contribution < -0.4 is 10.6 Å². The van der Waals surface area contributed by atoms with Crippen LogP contribution in [0.15, 0.2) is 10.6 Å². The summed E-state index contributed by atoms with van der Waals surface area (Å²) in [6, 6.07) is 1.57. The minimum atomic E-state index is -2.91. The first-order valence-electron chi connectivity index (χ1n) is 7.04. The largest absolute Gasteiger partial charge is 0.360 e. The van der Waals surface area contributed by atoms with Crippen LogP contribution in [0.1, 0.15) is 25.0 Å². The summed E-state index contributed by atoms with van der Waals surface area (Å²) in [6.45, 7) is 1.54. The van der Waals surface area contributed by atoms with Crippen LogP contribution in [0, 0.1) is 12.8 Å². The zero-order valence-electron chi connectivity index (χ0n) is 12.3. The van der Waals surface area contributed by atoms with Crippen LogP contribution in [0.5, 0.6) is 0 Å². The number of rotatable bonds is 6. The summed E-state index contributed by atoms with van der Waals surface area (Å²) in [6.07, 6.45) is 1.35. The Kier molecular flexibility index (Phi) is 5.17. The maximum absolute atomic E-state index is 11.6. The van der Waals surface area contributed by atoms with Crippen LogP contribution in [0.2, 0.25) is 0 Å². The lowest BCUT2D eigenvalue weighted by Gasteiger charge is -2.08. The van der Waals surface area contributed by atoms with Crippen LogP contribution >= 0.6 is 0 Å². The fraction of sp³-hybridized carbons (Fsp3) is 0.615. The number of carbonyl (C=O) groups is 2. The molecule has 8 nitrogen and oxygen atoms in total. The van der Waals surface area contributed by atoms with Crippen molar-refractivity contribution in [3.8, 4) is 0 Å². The van der Waals surface area contributed by atoms with E-state index in [1.165, 1.54) is 0 Å². The van der Waals surface area contributed by atoms with Gasteiger partial charge in [0, 0.05) is 12.5 Å². The third-order valence-electron chi connectivity index (χ3n) is 3.45. The first kappa shape index (κ1) is 16.5. The van der Waals surface area contributed by atoms with Crippen molar-refractivity contribution in [2.75, 3.05) is 23.4 Å². The molecule has 2 N–H and O–H groups in total. The summed E-state index contributed by atoms with van der Waals surface area (Å²) in [4.78, 5) is 23.2. The van der Waals surface area contributed by atoms with Crippen molar-refractivity contribution >= 4 is 27.5 Å². The number of anilines is 1. The molecule has 1 fully saturated rings. The zero-order chi connectivity index (χ0) is 16.2. The van der Waals surface area contributed by atoms with E-state index in [2.05, 4.69) is 15.8 Å². The standard InChI is InChI=1S/C13H19N3O5S/c1-9-6-11(16-21-9)15-13(18)7-14-12(17)3-2-10-4-5-22(19,20)8-10/h6,10H,2-5,7-8H2,1H3,(H,14,17)(H,15,16,18). The van der Waals surface area contributed by atoms with Gasteiger partial charge in [-0.1, -0.05) is 5.16 Å². The molecule has 1 atom stereocenters. The van der Waals surface area contributed by atoms with E-state index in [0.29, 0.717) is 24.4 Å². The Morgan fingerprint density at radius 1 is 1.41 bits per heavy atom. The molecule has 0 bridgehead atoms. The highest BCUT2D eigenvalue weighted by Crippen LogP contribution is 2.22. The Morgan fingerprint density at radius 3 is 2.77 bits per heavy atom. The van der Waals surface area contributed by atoms with E-state index >= 15 is 0 Å². The second-order valence-corrected chi connectivity index (χ2v) is 7.68. The number of nitrogens with zero attached hydrogens (tertiary/aromatic N) is 1. The second kappa shape index (κ2) is 6.91. The van der Waals surface area contributed by atoms with Crippen LogP contribution in [0.4, 0.5) is 5.82 Å². The van der Waals surface area contributed by atoms with Gasteiger partial charge < -0.3 is 15.2 Å². The Balaban J connectivity index is 1.64. The molecule has 9 heteroatoms. The highest BCUT2D eigenvalue weighted by atomic mass is 32.2. The number of carbonyl (C=O) groups excluding carboxylic acids is 2. The quantitative estimate of drug-likeness (QED) is 0.772. The average Bonchev–Trinajstić information content (AvgIpc) is 2.99. The van der Waals surface area contributed by atoms with E-state index in [0.717, 1.165) is 0 Å². The molecule has 1 saturated heterocycles. The van der Waals surface area contributed by atoms with Crippen molar-refractivity contribution in [2.45, 2.75) is 26.2 Å². The van der Waals surface area contributed by atoms with E-state index in [1.54, 1.807) is 13.0 Å². The number of aryl methyl sites for hydroxylation is 1. The highest BCUT2D eigenvalue weighted by Gasteiger charge is 2.27. The number of amides is 2. The molecule has 0 saturated carbocycles. The van der Waals surface area contributed by atoms with Crippen LogP contribution in [-0.4, -0.2) is 43.4 Å². The first-order chi connectivity index (χ1) is 10.3. The van der Waals surface area contributed by atoms with Gasteiger partial charge in [0.15, 0.2) is 15.7 Å². The summed E-state index contributed by atoms with van der Waals surface area (Å²) in [7, 11) is -2.91. The van der Waals surface area contributed by atoms with Gasteiger partial charge in [0.25, 0.3) is 0 Å². The zero-order valence-corrected chi connectivity index (χ0v) is 13.1. The summed E-state index contributed by atoms with van der Waals surface area (Å²) in [5.74, 6) is 0.618. The molecule has 0 radical (unpaired) electrons. The van der Waals surface area contributed by atoms with Crippen molar-refractivity contribution in [3.05, 3.63) is 11.8 Å². The lowest BCUT2D eigenvalue weighted by molar-refractivity contribution is -0.124. The van der Waals surface area contributed by atoms with Gasteiger partial charge in [-0.25, -0.2) is 8.42 Å². The topological polar surface area (TPSA) is 118 Å². The Hall–Kier alpha value is -1.90. The minimum absolute atomic E-state index is 0.0442. The molecular formula is C13H19N3O5S. The van der Waals surface area contributed by atoms with Gasteiger partial charge in [-0.05, 0) is 25.7 Å². The first-order valence-corrected chi connectivity index (χ1v) is 8.86. The molecule has 0 aliphatic carbocycles. The van der Waals surface area contributed by atoms with Crippen molar-refractivity contribution in [1.29, 1.82) is 0 Å². The van der Waals surface area contributed by atoms with Gasteiger partial charge in [-0.15, -0.1) is 0 Å². The second-order valence-electron chi connectivity index (χ2n) is 5.46. The smallest absolute Gasteiger partial charge is 0.245 e. The van der Waals surface area contributed by atoms with E-state index < -0.39 is 15.7 Å². The molecule has 22 heavy (non-hydrogen) atoms. The SMILES string of the molecule is Cc1cc(NC(=O)CNC(=O)CCC2CCS(=O)(=O)C2)no1. The summed E-state index contributed by atoms with van der Waals surface area (Å²) in [5, 5.41) is 8.59. The van der Waals surface area contributed by atoms with Gasteiger partial charge >= 0.3 is 0 Å². The molecule has 2 amide bonds.